The van der Waals surface area contributed by atoms with E-state index in [0.717, 1.165) is 22.9 Å². The Bertz CT molecular complexity index is 618. The van der Waals surface area contributed by atoms with Crippen LogP contribution in [0.25, 0.3) is 10.2 Å². The molecule has 104 valence electrons. The minimum atomic E-state index is 0.247. The lowest BCUT2D eigenvalue weighted by atomic mass is 9.88. The lowest BCUT2D eigenvalue weighted by Crippen LogP contribution is -2.33. The van der Waals surface area contributed by atoms with Crippen molar-refractivity contribution >= 4 is 27.5 Å². The van der Waals surface area contributed by atoms with E-state index in [9.17, 15) is 4.79 Å². The molecular formula is C16H18N2OS. The third kappa shape index (κ3) is 2.12. The van der Waals surface area contributed by atoms with Gasteiger partial charge in [0.05, 0.1) is 16.8 Å². The summed E-state index contributed by atoms with van der Waals surface area (Å²) in [7, 11) is 0. The smallest absolute Gasteiger partial charge is 0.223 e. The number of thiazole rings is 1. The molecule has 3 atom stereocenters. The number of carbonyl (C=O) groups excluding carboxylic acids is 1. The lowest BCUT2D eigenvalue weighted by molar-refractivity contribution is -0.126. The molecule has 2 saturated carbocycles. The Kier molecular flexibility index (Phi) is 2.99. The van der Waals surface area contributed by atoms with Crippen LogP contribution in [0.1, 0.15) is 30.7 Å². The van der Waals surface area contributed by atoms with Crippen LogP contribution >= 0.6 is 11.3 Å². The molecule has 2 bridgehead atoms. The van der Waals surface area contributed by atoms with Gasteiger partial charge in [0.2, 0.25) is 5.91 Å². The Morgan fingerprint density at radius 3 is 2.95 bits per heavy atom. The second-order valence-electron chi connectivity index (χ2n) is 6.07. The van der Waals surface area contributed by atoms with Crippen molar-refractivity contribution < 1.29 is 4.79 Å². The topological polar surface area (TPSA) is 42.0 Å². The standard InChI is InChI=1S/C16H18N2OS/c19-16(12-8-10-5-6-11(12)7-10)17-9-15-18-13-3-1-2-4-14(13)20-15/h1-4,10-12H,5-9H2,(H,17,19). The molecule has 0 saturated heterocycles. The number of carbonyl (C=O) groups is 1. The van der Waals surface area contributed by atoms with E-state index >= 15 is 0 Å². The second kappa shape index (κ2) is 4.85. The minimum absolute atomic E-state index is 0.247. The molecule has 1 aromatic heterocycles. The van der Waals surface area contributed by atoms with Crippen LogP contribution in [0.2, 0.25) is 0 Å². The summed E-state index contributed by atoms with van der Waals surface area (Å²) in [5.74, 6) is 1.98. The van der Waals surface area contributed by atoms with Gasteiger partial charge in [0, 0.05) is 5.92 Å². The first-order chi connectivity index (χ1) is 9.79. The SMILES string of the molecule is O=C(NCc1nc2ccccc2s1)C1CC2CCC1C2. The molecule has 4 heteroatoms. The average Bonchev–Trinajstić information content (AvgIpc) is 3.18. The fourth-order valence-electron chi connectivity index (χ4n) is 3.86. The molecule has 3 nitrogen and oxygen atoms in total. The van der Waals surface area contributed by atoms with E-state index < -0.39 is 0 Å². The maximum absolute atomic E-state index is 12.3. The average molecular weight is 286 g/mol. The van der Waals surface area contributed by atoms with E-state index in [-0.39, 0.29) is 11.8 Å². The Hall–Kier alpha value is -1.42. The molecule has 1 heterocycles. The molecule has 1 aromatic carbocycles. The molecule has 20 heavy (non-hydrogen) atoms. The molecule has 0 radical (unpaired) electrons. The van der Waals surface area contributed by atoms with E-state index in [2.05, 4.69) is 16.4 Å². The highest BCUT2D eigenvalue weighted by atomic mass is 32.1. The van der Waals surface area contributed by atoms with E-state index in [1.807, 2.05) is 18.2 Å². The third-order valence-corrected chi connectivity index (χ3v) is 5.86. The van der Waals surface area contributed by atoms with E-state index in [1.54, 1.807) is 11.3 Å². The van der Waals surface area contributed by atoms with Gasteiger partial charge in [-0.25, -0.2) is 4.98 Å². The zero-order chi connectivity index (χ0) is 13.5. The number of rotatable bonds is 3. The molecule has 2 aliphatic rings. The van der Waals surface area contributed by atoms with Gasteiger partial charge in [-0.3, -0.25) is 4.79 Å². The number of aromatic nitrogens is 1. The van der Waals surface area contributed by atoms with Gasteiger partial charge in [0.25, 0.3) is 0 Å². The zero-order valence-corrected chi connectivity index (χ0v) is 12.2. The summed E-state index contributed by atoms with van der Waals surface area (Å²) in [6.07, 6.45) is 4.98. The Labute approximate surface area is 122 Å². The molecular weight excluding hydrogens is 268 g/mol. The van der Waals surface area contributed by atoms with Crippen LogP contribution < -0.4 is 5.32 Å². The molecule has 2 aromatic rings. The van der Waals surface area contributed by atoms with Gasteiger partial charge in [0.1, 0.15) is 5.01 Å². The van der Waals surface area contributed by atoms with Crippen molar-refractivity contribution in [2.45, 2.75) is 32.2 Å². The summed E-state index contributed by atoms with van der Waals surface area (Å²) in [6, 6.07) is 8.12. The number of benzene rings is 1. The summed E-state index contributed by atoms with van der Waals surface area (Å²) in [5.41, 5.74) is 1.03. The quantitative estimate of drug-likeness (QED) is 0.940. The monoisotopic (exact) mass is 286 g/mol. The molecule has 1 amide bonds. The number of fused-ring (bicyclic) bond motifs is 3. The summed E-state index contributed by atoms with van der Waals surface area (Å²) in [6.45, 7) is 0.575. The molecule has 4 rings (SSSR count). The van der Waals surface area contributed by atoms with Crippen LogP contribution in [-0.4, -0.2) is 10.9 Å². The highest BCUT2D eigenvalue weighted by Crippen LogP contribution is 2.48. The van der Waals surface area contributed by atoms with Crippen LogP contribution in [0, 0.1) is 17.8 Å². The van der Waals surface area contributed by atoms with Gasteiger partial charge in [-0.1, -0.05) is 18.6 Å². The fourth-order valence-corrected chi connectivity index (χ4v) is 4.76. The summed E-state index contributed by atoms with van der Waals surface area (Å²) >= 11 is 1.67. The first-order valence-corrected chi connectivity index (χ1v) is 8.23. The van der Waals surface area contributed by atoms with Crippen molar-refractivity contribution in [2.75, 3.05) is 0 Å². The van der Waals surface area contributed by atoms with Crippen molar-refractivity contribution in [1.29, 1.82) is 0 Å². The molecule has 2 aliphatic carbocycles. The first-order valence-electron chi connectivity index (χ1n) is 7.42. The molecule has 1 N–H and O–H groups in total. The van der Waals surface area contributed by atoms with Crippen molar-refractivity contribution in [1.82, 2.24) is 10.3 Å². The van der Waals surface area contributed by atoms with Crippen LogP contribution in [0.5, 0.6) is 0 Å². The van der Waals surface area contributed by atoms with Crippen molar-refractivity contribution in [3.8, 4) is 0 Å². The Morgan fingerprint density at radius 2 is 2.20 bits per heavy atom. The van der Waals surface area contributed by atoms with E-state index in [1.165, 1.54) is 24.0 Å². The van der Waals surface area contributed by atoms with E-state index in [0.29, 0.717) is 12.5 Å². The van der Waals surface area contributed by atoms with Gasteiger partial charge in [-0.2, -0.15) is 0 Å². The van der Waals surface area contributed by atoms with Crippen LogP contribution in [0.4, 0.5) is 0 Å². The molecule has 0 spiro atoms. The predicted octanol–water partition coefficient (Wildman–Crippen LogP) is 3.35. The zero-order valence-electron chi connectivity index (χ0n) is 11.3. The maximum Gasteiger partial charge on any atom is 0.223 e. The van der Waals surface area contributed by atoms with Gasteiger partial charge in [0.15, 0.2) is 0 Å². The Morgan fingerprint density at radius 1 is 1.30 bits per heavy atom. The highest BCUT2D eigenvalue weighted by molar-refractivity contribution is 7.18. The number of hydrogen-bond donors (Lipinski definition) is 1. The van der Waals surface area contributed by atoms with Crippen LogP contribution in [-0.2, 0) is 11.3 Å². The van der Waals surface area contributed by atoms with Gasteiger partial charge >= 0.3 is 0 Å². The molecule has 3 unspecified atom stereocenters. The van der Waals surface area contributed by atoms with Crippen molar-refractivity contribution in [3.05, 3.63) is 29.3 Å². The van der Waals surface area contributed by atoms with Gasteiger partial charge < -0.3 is 5.32 Å². The third-order valence-electron chi connectivity index (χ3n) is 4.83. The Balaban J connectivity index is 1.41. The number of amides is 1. The first kappa shape index (κ1) is 12.3. The van der Waals surface area contributed by atoms with Gasteiger partial charge in [-0.15, -0.1) is 11.3 Å². The second-order valence-corrected chi connectivity index (χ2v) is 7.19. The van der Waals surface area contributed by atoms with Crippen molar-refractivity contribution in [2.24, 2.45) is 17.8 Å². The van der Waals surface area contributed by atoms with E-state index in [4.69, 9.17) is 0 Å². The largest absolute Gasteiger partial charge is 0.349 e. The summed E-state index contributed by atoms with van der Waals surface area (Å²) < 4.78 is 1.19. The number of nitrogens with zero attached hydrogens (tertiary/aromatic N) is 1. The highest BCUT2D eigenvalue weighted by Gasteiger charge is 2.42. The van der Waals surface area contributed by atoms with Crippen LogP contribution in [0.3, 0.4) is 0 Å². The fraction of sp³-hybridized carbons (Fsp3) is 0.500. The maximum atomic E-state index is 12.3. The summed E-state index contributed by atoms with van der Waals surface area (Å²) in [5, 5.41) is 4.10. The van der Waals surface area contributed by atoms with Crippen LogP contribution in [0.15, 0.2) is 24.3 Å². The lowest BCUT2D eigenvalue weighted by Gasteiger charge is -2.20. The predicted molar refractivity (Wildman–Crippen MR) is 80.4 cm³/mol. The minimum Gasteiger partial charge on any atom is -0.349 e. The normalized spacial score (nSPS) is 28.1. The van der Waals surface area contributed by atoms with Gasteiger partial charge in [-0.05, 0) is 43.2 Å². The number of nitrogens with one attached hydrogen (secondary N) is 1. The summed E-state index contributed by atoms with van der Waals surface area (Å²) in [4.78, 5) is 16.9. The van der Waals surface area contributed by atoms with Crippen molar-refractivity contribution in [3.63, 3.8) is 0 Å². The molecule has 2 fully saturated rings. The molecule has 0 aliphatic heterocycles. The number of para-hydroxylation sites is 1. The number of hydrogen-bond acceptors (Lipinski definition) is 3.